The van der Waals surface area contributed by atoms with Crippen LogP contribution in [0.1, 0.15) is 33.6 Å². The van der Waals surface area contributed by atoms with Crippen molar-refractivity contribution in [2.45, 2.75) is 33.6 Å². The van der Waals surface area contributed by atoms with E-state index >= 15 is 0 Å². The average Bonchev–Trinajstić information content (AvgIpc) is 2.90. The van der Waals surface area contributed by atoms with Gasteiger partial charge in [0.25, 0.3) is 0 Å². The lowest BCUT2D eigenvalue weighted by Crippen LogP contribution is -2.53. The molecule has 37 heavy (non-hydrogen) atoms. The number of pyridine rings is 1. The summed E-state index contributed by atoms with van der Waals surface area (Å²) in [5, 5.41) is 3.72. The molecule has 10 heteroatoms. The Hall–Kier alpha value is -3.24. The van der Waals surface area contributed by atoms with E-state index in [-0.39, 0.29) is 29.2 Å². The maximum atomic E-state index is 13.4. The molecule has 2 amide bonds. The topological polar surface area (TPSA) is 103 Å². The first-order chi connectivity index (χ1) is 17.7. The van der Waals surface area contributed by atoms with Gasteiger partial charge in [-0.15, -0.1) is 0 Å². The Bertz CT molecular complexity index is 1320. The Morgan fingerprint density at radius 2 is 1.73 bits per heavy atom. The van der Waals surface area contributed by atoms with Gasteiger partial charge in [-0.1, -0.05) is 18.2 Å². The number of nitrogens with one attached hydrogen (secondary N) is 1. The Morgan fingerprint density at radius 1 is 1.00 bits per heavy atom. The van der Waals surface area contributed by atoms with E-state index in [1.165, 1.54) is 17.3 Å². The normalized spacial score (nSPS) is 20.2. The summed E-state index contributed by atoms with van der Waals surface area (Å²) in [6, 6.07) is 10.1. The van der Waals surface area contributed by atoms with Gasteiger partial charge in [-0.05, 0) is 51.0 Å². The van der Waals surface area contributed by atoms with Crippen molar-refractivity contribution in [3.8, 4) is 0 Å². The van der Waals surface area contributed by atoms with Crippen LogP contribution in [0.5, 0.6) is 0 Å². The van der Waals surface area contributed by atoms with Gasteiger partial charge in [0.15, 0.2) is 0 Å². The molecular weight excluding hydrogens is 490 g/mol. The van der Waals surface area contributed by atoms with Crippen molar-refractivity contribution < 1.29 is 18.0 Å². The molecule has 1 aromatic carbocycles. The third kappa shape index (κ3) is 6.19. The van der Waals surface area contributed by atoms with Gasteiger partial charge >= 0.3 is 0 Å². The predicted octanol–water partition coefficient (Wildman–Crippen LogP) is 2.87. The first kappa shape index (κ1) is 26.8. The number of hydrogen-bond donors (Lipinski definition) is 1. The van der Waals surface area contributed by atoms with Gasteiger partial charge in [0, 0.05) is 69.2 Å². The highest BCUT2D eigenvalue weighted by atomic mass is 32.2. The van der Waals surface area contributed by atoms with Crippen molar-refractivity contribution in [1.29, 1.82) is 0 Å². The van der Waals surface area contributed by atoms with Crippen LogP contribution in [0.2, 0.25) is 0 Å². The minimum atomic E-state index is -3.70. The number of piperazine rings is 1. The van der Waals surface area contributed by atoms with Crippen LogP contribution < -0.4 is 10.2 Å². The Kier molecular flexibility index (Phi) is 8.29. The molecule has 0 radical (unpaired) electrons. The zero-order valence-corrected chi connectivity index (χ0v) is 22.5. The summed E-state index contributed by atoms with van der Waals surface area (Å²) in [5.74, 6) is -0.529. The summed E-state index contributed by atoms with van der Waals surface area (Å²) < 4.78 is 27.8. The van der Waals surface area contributed by atoms with E-state index in [1.807, 2.05) is 35.4 Å². The molecule has 9 nitrogen and oxygen atoms in total. The molecule has 2 aliphatic heterocycles. The number of benzene rings is 1. The molecule has 4 rings (SSSR count). The fourth-order valence-electron chi connectivity index (χ4n) is 5.00. The van der Waals surface area contributed by atoms with E-state index in [0.717, 1.165) is 29.7 Å². The molecule has 1 atom stereocenters. The van der Waals surface area contributed by atoms with Gasteiger partial charge in [-0.25, -0.2) is 8.42 Å². The summed E-state index contributed by atoms with van der Waals surface area (Å²) in [6.07, 6.45) is 6.22. The van der Waals surface area contributed by atoms with E-state index in [1.54, 1.807) is 19.9 Å². The van der Waals surface area contributed by atoms with Crippen LogP contribution in [0, 0.1) is 5.92 Å². The van der Waals surface area contributed by atoms with Crippen LogP contribution in [-0.2, 0) is 19.6 Å². The minimum absolute atomic E-state index is 0.0298. The summed E-state index contributed by atoms with van der Waals surface area (Å²) in [6.45, 7) is 7.87. The van der Waals surface area contributed by atoms with Crippen LogP contribution in [0.3, 0.4) is 0 Å². The number of carbonyl (C=O) groups excluding carboxylic acids is 2. The molecule has 2 fully saturated rings. The van der Waals surface area contributed by atoms with Gasteiger partial charge in [-0.3, -0.25) is 14.6 Å². The largest absolute Gasteiger partial charge is 0.367 e. The Balaban J connectivity index is 1.38. The van der Waals surface area contributed by atoms with Crippen molar-refractivity contribution in [2.24, 2.45) is 5.92 Å². The average molecular weight is 526 g/mol. The maximum absolute atomic E-state index is 13.4. The first-order valence-corrected chi connectivity index (χ1v) is 14.1. The van der Waals surface area contributed by atoms with E-state index in [9.17, 15) is 18.0 Å². The fourth-order valence-corrected chi connectivity index (χ4v) is 6.39. The van der Waals surface area contributed by atoms with Crippen molar-refractivity contribution in [2.75, 3.05) is 44.2 Å². The van der Waals surface area contributed by atoms with Crippen LogP contribution in [-0.4, -0.2) is 73.7 Å². The van der Waals surface area contributed by atoms with Crippen LogP contribution >= 0.6 is 0 Å². The number of para-hydroxylation sites is 1. The predicted molar refractivity (Wildman–Crippen MR) is 145 cm³/mol. The van der Waals surface area contributed by atoms with Gasteiger partial charge in [-0.2, -0.15) is 4.31 Å². The van der Waals surface area contributed by atoms with Crippen LogP contribution in [0.4, 0.5) is 5.69 Å². The number of aromatic nitrogens is 1. The lowest BCUT2D eigenvalue weighted by molar-refractivity contribution is -0.137. The Labute approximate surface area is 218 Å². The van der Waals surface area contributed by atoms with Gasteiger partial charge < -0.3 is 15.1 Å². The highest BCUT2D eigenvalue weighted by Crippen LogP contribution is 2.28. The molecule has 1 aromatic heterocycles. The highest BCUT2D eigenvalue weighted by molar-refractivity contribution is 7.93. The molecule has 198 valence electrons. The van der Waals surface area contributed by atoms with E-state index in [0.29, 0.717) is 38.2 Å². The second kappa shape index (κ2) is 11.4. The molecule has 0 aliphatic carbocycles. The monoisotopic (exact) mass is 525 g/mol. The van der Waals surface area contributed by atoms with Crippen LogP contribution in [0.25, 0.3) is 10.9 Å². The highest BCUT2D eigenvalue weighted by Gasteiger charge is 2.35. The second-order valence-electron chi connectivity index (χ2n) is 9.67. The number of carbonyl (C=O) groups is 2. The number of sulfonamides is 1. The summed E-state index contributed by atoms with van der Waals surface area (Å²) in [4.78, 5) is 33.3. The number of nitrogens with zero attached hydrogens (tertiary/aromatic N) is 4. The summed E-state index contributed by atoms with van der Waals surface area (Å²) in [7, 11) is -3.70. The van der Waals surface area contributed by atoms with Gasteiger partial charge in [0.1, 0.15) is 0 Å². The number of allylic oxidation sites excluding steroid dienone is 4. The number of piperidine rings is 1. The lowest BCUT2D eigenvalue weighted by Gasteiger charge is -2.39. The molecule has 2 saturated heterocycles. The number of rotatable bonds is 6. The number of fused-ring (bicyclic) bond motifs is 1. The first-order valence-electron chi connectivity index (χ1n) is 12.7. The van der Waals surface area contributed by atoms with Crippen molar-refractivity contribution >= 4 is 38.4 Å². The minimum Gasteiger partial charge on any atom is -0.367 e. The molecule has 0 bridgehead atoms. The third-order valence-corrected chi connectivity index (χ3v) is 8.94. The quantitative estimate of drug-likeness (QED) is 0.582. The SMILES string of the molecule is CC(=O)N/C(C)=C/C=C(\C)S(=O)(=O)N1CCCC(C(=O)N2CCN(c3ccnc4ccccc34)CC2)C1. The number of amides is 2. The number of hydrogen-bond acceptors (Lipinski definition) is 6. The zero-order valence-electron chi connectivity index (χ0n) is 21.7. The Morgan fingerprint density at radius 3 is 2.46 bits per heavy atom. The molecular formula is C27H35N5O4S. The maximum Gasteiger partial charge on any atom is 0.238 e. The van der Waals surface area contributed by atoms with Crippen molar-refractivity contribution in [3.05, 3.63) is 59.3 Å². The zero-order chi connectivity index (χ0) is 26.6. The molecule has 0 saturated carbocycles. The molecule has 3 heterocycles. The number of anilines is 1. The van der Waals surface area contributed by atoms with E-state index in [4.69, 9.17) is 0 Å². The van der Waals surface area contributed by atoms with E-state index < -0.39 is 10.0 Å². The van der Waals surface area contributed by atoms with Crippen LogP contribution in [0.15, 0.2) is 59.3 Å². The molecule has 2 aliphatic rings. The second-order valence-corrected chi connectivity index (χ2v) is 11.8. The molecule has 1 unspecified atom stereocenters. The van der Waals surface area contributed by atoms with E-state index in [2.05, 4.69) is 21.3 Å². The standard InChI is InChI=1S/C27H35N5O4S/c1-20(29-22(3)33)10-11-21(2)37(35,36)32-14-6-7-23(19-32)27(34)31-17-15-30(16-18-31)26-12-13-28-25-9-5-4-8-24(25)26/h4-5,8-13,23H,6-7,14-19H2,1-3H3,(H,29,33)/b20-10+,21-11+. The van der Waals surface area contributed by atoms with Crippen molar-refractivity contribution in [3.63, 3.8) is 0 Å². The van der Waals surface area contributed by atoms with Gasteiger partial charge in [0.05, 0.1) is 16.3 Å². The fraction of sp³-hybridized carbons (Fsp3) is 0.444. The third-order valence-electron chi connectivity index (χ3n) is 6.98. The van der Waals surface area contributed by atoms with Gasteiger partial charge in [0.2, 0.25) is 21.8 Å². The molecule has 1 N–H and O–H groups in total. The smallest absolute Gasteiger partial charge is 0.238 e. The van der Waals surface area contributed by atoms with Crippen molar-refractivity contribution in [1.82, 2.24) is 19.5 Å². The summed E-state index contributed by atoms with van der Waals surface area (Å²) in [5.41, 5.74) is 2.64. The molecule has 2 aromatic rings. The summed E-state index contributed by atoms with van der Waals surface area (Å²) >= 11 is 0. The lowest BCUT2D eigenvalue weighted by atomic mass is 9.97. The molecule has 0 spiro atoms.